The van der Waals surface area contributed by atoms with Gasteiger partial charge in [-0.1, -0.05) is 108 Å². The summed E-state index contributed by atoms with van der Waals surface area (Å²) in [5.74, 6) is 0.327. The van der Waals surface area contributed by atoms with Crippen LogP contribution in [0.25, 0.3) is 6.08 Å². The van der Waals surface area contributed by atoms with Crippen LogP contribution in [-0.4, -0.2) is 36.1 Å². The van der Waals surface area contributed by atoms with Crippen LogP contribution in [0.2, 0.25) is 0 Å². The molecule has 8 heteroatoms. The Morgan fingerprint density at radius 3 is 2.06 bits per heavy atom. The van der Waals surface area contributed by atoms with Crippen LogP contribution in [0.5, 0.6) is 0 Å². The number of amides is 1. The van der Waals surface area contributed by atoms with Gasteiger partial charge >= 0.3 is 0 Å². The summed E-state index contributed by atoms with van der Waals surface area (Å²) in [6, 6.07) is 15.7. The van der Waals surface area contributed by atoms with Crippen LogP contribution in [0, 0.1) is 30.6 Å². The Labute approximate surface area is 304 Å². The highest BCUT2D eigenvalue weighted by Crippen LogP contribution is 2.35. The van der Waals surface area contributed by atoms with Gasteiger partial charge in [0, 0.05) is 37.6 Å². The Hall–Kier alpha value is -4.07. The molecule has 5 rings (SSSR count). The lowest BCUT2D eigenvalue weighted by atomic mass is 9.86. The normalized spacial score (nSPS) is 18.6. The molecule has 51 heavy (non-hydrogen) atoms. The number of carbonyl (C=O) groups is 5. The average molecular weight is 708 g/mol. The van der Waals surface area contributed by atoms with E-state index in [9.17, 15) is 32.8 Å². The largest absolute Gasteiger partial charge is 0.356 e. The van der Waals surface area contributed by atoms with Gasteiger partial charge in [-0.25, -0.2) is 0 Å². The van der Waals surface area contributed by atoms with Gasteiger partial charge in [0.1, 0.15) is 6.29 Å². The molecule has 1 saturated carbocycles. The molecule has 6 nitrogen and oxygen atoms in total. The Morgan fingerprint density at radius 2 is 1.57 bits per heavy atom. The maximum Gasteiger partial charge on any atom is 0.263 e. The molecule has 2 aromatic carbocycles. The molecule has 0 aromatic heterocycles. The van der Waals surface area contributed by atoms with Gasteiger partial charge in [-0.15, -0.1) is 0 Å². The third kappa shape index (κ3) is 16.2. The highest BCUT2D eigenvalue weighted by Gasteiger charge is 2.32. The maximum absolute atomic E-state index is 12.3. The second-order valence-corrected chi connectivity index (χ2v) is 13.0. The number of carbonyl (C=O) groups excluding carboxylic acids is 5. The van der Waals surface area contributed by atoms with Gasteiger partial charge in [0.05, 0.1) is 0 Å². The first-order chi connectivity index (χ1) is 24.4. The van der Waals surface area contributed by atoms with E-state index in [1.807, 2.05) is 56.3 Å². The van der Waals surface area contributed by atoms with E-state index in [1.54, 1.807) is 6.92 Å². The number of halogens is 2. The highest BCUT2D eigenvalue weighted by molar-refractivity contribution is 6.38. The fourth-order valence-electron chi connectivity index (χ4n) is 6.84. The van der Waals surface area contributed by atoms with Crippen LogP contribution < -0.4 is 5.32 Å². The lowest BCUT2D eigenvalue weighted by molar-refractivity contribution is -0.140. The van der Waals surface area contributed by atoms with E-state index in [0.717, 1.165) is 29.4 Å². The standard InChI is InChI=1S/C18H21NO4.C12H12O.C9H18.C2H2F2.C2H6/c20-11-9-14(12-15-8-10-19-18(15)23)17(22)16(21)7-6-13-4-2-1-3-5-13;1-8-4-3-5-10-6-11(9(2)13)7-12(8)10;1-3-8-6-5-7-9(8)4-2;1-2(3)4;1-2/h1-5,11,14-15H,6-10,12H2,(H,19,23);3-5,7H,6H2,1-2H3;8-9H,3-7H2,1-2H3;1H2;1-2H3. The summed E-state index contributed by atoms with van der Waals surface area (Å²) >= 11 is 0. The minimum atomic E-state index is -1.83. The van der Waals surface area contributed by atoms with E-state index < -0.39 is 23.6 Å². The first-order valence-electron chi connectivity index (χ1n) is 18.5. The predicted molar refractivity (Wildman–Crippen MR) is 202 cm³/mol. The summed E-state index contributed by atoms with van der Waals surface area (Å²) in [6.45, 7) is 15.2. The van der Waals surface area contributed by atoms with Gasteiger partial charge in [0.25, 0.3) is 6.08 Å². The van der Waals surface area contributed by atoms with E-state index >= 15 is 0 Å². The summed E-state index contributed by atoms with van der Waals surface area (Å²) in [6.07, 6.45) is 10.6. The van der Waals surface area contributed by atoms with Crippen molar-refractivity contribution in [2.24, 2.45) is 23.7 Å². The Kier molecular flexibility index (Phi) is 22.0. The topological polar surface area (TPSA) is 97.4 Å². The molecule has 2 aromatic rings. The van der Waals surface area contributed by atoms with Gasteiger partial charge in [0.15, 0.2) is 11.6 Å². The summed E-state index contributed by atoms with van der Waals surface area (Å²) in [5.41, 5.74) is 5.71. The molecule has 4 unspecified atom stereocenters. The number of fused-ring (bicyclic) bond motifs is 1. The van der Waals surface area contributed by atoms with Crippen LogP contribution in [0.4, 0.5) is 8.78 Å². The van der Waals surface area contributed by atoms with Crippen molar-refractivity contribution in [3.63, 3.8) is 0 Å². The average Bonchev–Trinajstić information content (AvgIpc) is 3.89. The number of ketones is 3. The van der Waals surface area contributed by atoms with Crippen molar-refractivity contribution in [2.75, 3.05) is 6.54 Å². The maximum atomic E-state index is 12.3. The summed E-state index contributed by atoms with van der Waals surface area (Å²) in [4.78, 5) is 58.0. The molecule has 2 fully saturated rings. The number of hydrogen-bond acceptors (Lipinski definition) is 5. The Morgan fingerprint density at radius 1 is 0.961 bits per heavy atom. The van der Waals surface area contributed by atoms with Crippen LogP contribution >= 0.6 is 0 Å². The smallest absolute Gasteiger partial charge is 0.263 e. The number of allylic oxidation sites excluding steroid dienone is 1. The summed E-state index contributed by atoms with van der Waals surface area (Å²) in [7, 11) is 0. The van der Waals surface area contributed by atoms with E-state index in [2.05, 4.69) is 44.8 Å². The second kappa shape index (κ2) is 25.0. The van der Waals surface area contributed by atoms with Crippen molar-refractivity contribution in [3.8, 4) is 0 Å². The zero-order chi connectivity index (χ0) is 38.3. The van der Waals surface area contributed by atoms with Crippen molar-refractivity contribution in [1.29, 1.82) is 0 Å². The number of Topliss-reactive ketones (excluding diaryl/α,β-unsaturated/α-hetero) is 3. The highest BCUT2D eigenvalue weighted by atomic mass is 19.3. The Balaban J connectivity index is 0.000000389. The molecule has 3 aliphatic rings. The molecule has 1 aliphatic heterocycles. The third-order valence-electron chi connectivity index (χ3n) is 9.67. The fraction of sp³-hybridized carbons (Fsp3) is 0.512. The molecular weight excluding hydrogens is 648 g/mol. The second-order valence-electron chi connectivity index (χ2n) is 13.0. The minimum absolute atomic E-state index is 0.000307. The minimum Gasteiger partial charge on any atom is -0.356 e. The molecule has 0 bridgehead atoms. The molecule has 1 amide bonds. The summed E-state index contributed by atoms with van der Waals surface area (Å²) in [5, 5.41) is 2.71. The van der Waals surface area contributed by atoms with Crippen molar-refractivity contribution >= 4 is 35.6 Å². The molecule has 1 saturated heterocycles. The van der Waals surface area contributed by atoms with E-state index in [1.165, 1.54) is 48.8 Å². The molecule has 1 heterocycles. The van der Waals surface area contributed by atoms with Gasteiger partial charge in [-0.2, -0.15) is 8.78 Å². The van der Waals surface area contributed by atoms with Gasteiger partial charge in [-0.05, 0) is 85.4 Å². The van der Waals surface area contributed by atoms with Gasteiger partial charge in [0.2, 0.25) is 11.7 Å². The lowest BCUT2D eigenvalue weighted by Crippen LogP contribution is -2.29. The third-order valence-corrected chi connectivity index (χ3v) is 9.67. The van der Waals surface area contributed by atoms with Gasteiger partial charge < -0.3 is 10.1 Å². The first-order valence-corrected chi connectivity index (χ1v) is 18.5. The van der Waals surface area contributed by atoms with Crippen LogP contribution in [0.1, 0.15) is 115 Å². The Bertz CT molecular complexity index is 1440. The predicted octanol–water partition coefficient (Wildman–Crippen LogP) is 9.66. The van der Waals surface area contributed by atoms with Crippen LogP contribution in [0.3, 0.4) is 0 Å². The van der Waals surface area contributed by atoms with Crippen molar-refractivity contribution < 1.29 is 32.8 Å². The van der Waals surface area contributed by atoms with Crippen molar-refractivity contribution in [1.82, 2.24) is 5.32 Å². The van der Waals surface area contributed by atoms with Gasteiger partial charge in [-0.3, -0.25) is 19.2 Å². The summed E-state index contributed by atoms with van der Waals surface area (Å²) < 4.78 is 20.3. The fourth-order valence-corrected chi connectivity index (χ4v) is 6.84. The number of rotatable bonds is 12. The lowest BCUT2D eigenvalue weighted by Gasteiger charge is -2.15. The van der Waals surface area contributed by atoms with Crippen LogP contribution in [-0.2, 0) is 36.8 Å². The molecule has 4 atom stereocenters. The number of aldehydes is 1. The number of hydrogen-bond donors (Lipinski definition) is 1. The molecule has 2 aliphatic carbocycles. The van der Waals surface area contributed by atoms with E-state index in [-0.39, 0.29) is 36.9 Å². The van der Waals surface area contributed by atoms with Crippen molar-refractivity contribution in [2.45, 2.75) is 112 Å². The van der Waals surface area contributed by atoms with Crippen LogP contribution in [0.15, 0.2) is 66.8 Å². The molecular formula is C43H59F2NO5. The number of nitrogens with one attached hydrogen (secondary N) is 1. The van der Waals surface area contributed by atoms with E-state index in [0.29, 0.717) is 25.7 Å². The quantitative estimate of drug-likeness (QED) is 0.175. The zero-order valence-electron chi connectivity index (χ0n) is 31.6. The van der Waals surface area contributed by atoms with E-state index in [4.69, 9.17) is 0 Å². The number of aryl methyl sites for hydroxylation is 2. The monoisotopic (exact) mass is 707 g/mol. The molecule has 1 N–H and O–H groups in total. The van der Waals surface area contributed by atoms with Crippen molar-refractivity contribution in [3.05, 3.63) is 89.0 Å². The zero-order valence-corrected chi connectivity index (χ0v) is 31.6. The molecule has 280 valence electrons. The first kappa shape index (κ1) is 45.0. The molecule has 0 spiro atoms. The molecule has 0 radical (unpaired) electrons. The number of benzene rings is 2. The SMILES string of the molecule is C=C(F)F.CC.CC(=O)C1=Cc2c(C)cccc2C1.CCC1CCCC1CC.O=CCC(CC1CCNC1=O)C(=O)C(=O)CCc1ccccc1.